The van der Waals surface area contributed by atoms with Crippen LogP contribution in [0.4, 0.5) is 5.82 Å². The highest BCUT2D eigenvalue weighted by Gasteiger charge is 2.29. The lowest BCUT2D eigenvalue weighted by atomic mass is 10.0. The number of hydrogen-bond acceptors (Lipinski definition) is 7. The summed E-state index contributed by atoms with van der Waals surface area (Å²) in [7, 11) is 0. The van der Waals surface area contributed by atoms with Crippen molar-refractivity contribution in [3.05, 3.63) is 64.2 Å². The van der Waals surface area contributed by atoms with E-state index in [-0.39, 0.29) is 12.1 Å². The van der Waals surface area contributed by atoms with Crippen molar-refractivity contribution in [1.29, 1.82) is 0 Å². The molecule has 3 N–H and O–H groups in total. The number of carbonyl (C=O) groups is 1. The fourth-order valence-electron chi connectivity index (χ4n) is 4.18. The highest BCUT2D eigenvalue weighted by Crippen LogP contribution is 2.21. The summed E-state index contributed by atoms with van der Waals surface area (Å²) in [4.78, 5) is 38.0. The Morgan fingerprint density at radius 3 is 2.82 bits per heavy atom. The Hall–Kier alpha value is -3.74. The molecule has 0 radical (unpaired) electrons. The van der Waals surface area contributed by atoms with Crippen molar-refractivity contribution in [3.63, 3.8) is 0 Å². The van der Waals surface area contributed by atoms with E-state index in [0.717, 1.165) is 61.6 Å². The lowest BCUT2D eigenvalue weighted by Gasteiger charge is -2.41. The van der Waals surface area contributed by atoms with Gasteiger partial charge in [-0.25, -0.2) is 4.98 Å². The number of carbonyl (C=O) groups excluding carboxylic acids is 1. The minimum atomic E-state index is -0.455. The van der Waals surface area contributed by atoms with Crippen LogP contribution in [0.15, 0.2) is 47.5 Å². The number of hydrogen-bond donors (Lipinski definition) is 3. The maximum absolute atomic E-state index is 12.1. The summed E-state index contributed by atoms with van der Waals surface area (Å²) in [5.41, 5.74) is 1.98. The second kappa shape index (κ2) is 10.0. The number of piperidine rings is 1. The number of anilines is 1. The molecule has 1 amide bonds. The molecule has 174 valence electrons. The molecule has 0 aliphatic carbocycles. The van der Waals surface area contributed by atoms with Gasteiger partial charge in [-0.05, 0) is 43.2 Å². The van der Waals surface area contributed by atoms with E-state index in [1.165, 1.54) is 12.3 Å². The first-order chi connectivity index (χ1) is 16.7. The molecular formula is C25H26N6O3. The Morgan fingerprint density at radius 1 is 1.21 bits per heavy atom. The largest absolute Gasteiger partial charge is 0.378 e. The molecule has 9 heteroatoms. The number of ether oxygens (including phenoxy) is 1. The molecule has 5 rings (SSSR count). The summed E-state index contributed by atoms with van der Waals surface area (Å²) in [6.07, 6.45) is 5.41. The Morgan fingerprint density at radius 2 is 2.06 bits per heavy atom. The van der Waals surface area contributed by atoms with Gasteiger partial charge in [0.1, 0.15) is 11.4 Å². The maximum Gasteiger partial charge on any atom is 0.260 e. The fraction of sp³-hybridized carbons (Fsp3) is 0.360. The van der Waals surface area contributed by atoms with Crippen molar-refractivity contribution in [2.24, 2.45) is 0 Å². The normalized spacial score (nSPS) is 16.9. The van der Waals surface area contributed by atoms with Crippen molar-refractivity contribution >= 4 is 22.8 Å². The third-order valence-electron chi connectivity index (χ3n) is 6.19. The smallest absolute Gasteiger partial charge is 0.260 e. The molecule has 2 aliphatic heterocycles. The van der Waals surface area contributed by atoms with Crippen molar-refractivity contribution < 1.29 is 9.53 Å². The number of amides is 1. The number of aromatic amines is 1. The zero-order valence-corrected chi connectivity index (χ0v) is 18.7. The molecule has 3 aromatic rings. The lowest BCUT2D eigenvalue weighted by molar-refractivity contribution is -0.0705. The maximum atomic E-state index is 12.1. The summed E-state index contributed by atoms with van der Waals surface area (Å²) in [5, 5.41) is 6.17. The molecule has 0 spiro atoms. The molecule has 0 saturated carbocycles. The SMILES string of the molecule is O=C(NCC#Cc1ccc2ncc(NC3CCN(C4COC4)CC3)nc2c1)c1ccc[nH]c1=O. The number of aromatic nitrogens is 3. The van der Waals surface area contributed by atoms with Crippen molar-refractivity contribution in [2.75, 3.05) is 38.2 Å². The van der Waals surface area contributed by atoms with Gasteiger partial charge in [-0.15, -0.1) is 0 Å². The number of likely N-dealkylation sites (tertiary alicyclic amines) is 1. The molecule has 4 heterocycles. The van der Waals surface area contributed by atoms with Crippen LogP contribution < -0.4 is 16.2 Å². The zero-order valence-electron chi connectivity index (χ0n) is 18.7. The van der Waals surface area contributed by atoms with Crippen LogP contribution in [-0.2, 0) is 4.74 Å². The summed E-state index contributed by atoms with van der Waals surface area (Å²) in [6, 6.07) is 9.71. The van der Waals surface area contributed by atoms with Crippen LogP contribution in [0, 0.1) is 11.8 Å². The first-order valence-electron chi connectivity index (χ1n) is 11.5. The predicted octanol–water partition coefficient (Wildman–Crippen LogP) is 1.37. The molecule has 1 aromatic carbocycles. The third kappa shape index (κ3) is 5.09. The molecule has 2 fully saturated rings. The Balaban J connectivity index is 1.18. The number of benzene rings is 1. The van der Waals surface area contributed by atoms with Gasteiger partial charge >= 0.3 is 0 Å². The minimum Gasteiger partial charge on any atom is -0.378 e. The number of rotatable bonds is 5. The van der Waals surface area contributed by atoms with E-state index in [1.807, 2.05) is 18.2 Å². The van der Waals surface area contributed by atoms with Crippen LogP contribution in [0.25, 0.3) is 11.0 Å². The lowest BCUT2D eigenvalue weighted by Crippen LogP contribution is -2.53. The fourth-order valence-corrected chi connectivity index (χ4v) is 4.18. The number of nitrogens with one attached hydrogen (secondary N) is 3. The van der Waals surface area contributed by atoms with Gasteiger partial charge in [-0.1, -0.05) is 11.8 Å². The van der Waals surface area contributed by atoms with Crippen LogP contribution in [0.2, 0.25) is 0 Å². The van der Waals surface area contributed by atoms with E-state index in [0.29, 0.717) is 12.1 Å². The van der Waals surface area contributed by atoms with Gasteiger partial charge in [-0.3, -0.25) is 19.5 Å². The molecule has 0 atom stereocenters. The first kappa shape index (κ1) is 22.1. The molecule has 2 aliphatic rings. The second-order valence-corrected chi connectivity index (χ2v) is 8.50. The van der Waals surface area contributed by atoms with E-state index < -0.39 is 11.5 Å². The van der Waals surface area contributed by atoms with Gasteiger partial charge in [0.25, 0.3) is 11.5 Å². The van der Waals surface area contributed by atoms with E-state index in [2.05, 4.69) is 37.3 Å². The third-order valence-corrected chi connectivity index (χ3v) is 6.19. The molecule has 2 saturated heterocycles. The first-order valence-corrected chi connectivity index (χ1v) is 11.5. The summed E-state index contributed by atoms with van der Waals surface area (Å²) in [6.45, 7) is 3.99. The number of nitrogens with zero attached hydrogens (tertiary/aromatic N) is 3. The summed E-state index contributed by atoms with van der Waals surface area (Å²) < 4.78 is 5.31. The van der Waals surface area contributed by atoms with Crippen LogP contribution in [0.5, 0.6) is 0 Å². The standard InChI is InChI=1S/C25H26N6O3/c32-24(20-4-2-10-27-25(20)33)26-9-1-3-17-5-6-21-22(13-17)30-23(14-28-21)29-18-7-11-31(12-8-18)19-15-34-16-19/h2,4-6,10,13-14,18-19H,7-9,11-12,15-16H2,(H,26,32)(H,27,33)(H,29,30). The predicted molar refractivity (Wildman–Crippen MR) is 129 cm³/mol. The summed E-state index contributed by atoms with van der Waals surface area (Å²) in [5.74, 6) is 6.26. The molecule has 9 nitrogen and oxygen atoms in total. The van der Waals surface area contributed by atoms with Gasteiger partial charge in [0.2, 0.25) is 0 Å². The Kier molecular flexibility index (Phi) is 6.51. The number of H-pyrrole nitrogens is 1. The monoisotopic (exact) mass is 458 g/mol. The molecule has 34 heavy (non-hydrogen) atoms. The number of pyridine rings is 1. The van der Waals surface area contributed by atoms with E-state index in [9.17, 15) is 9.59 Å². The van der Waals surface area contributed by atoms with E-state index >= 15 is 0 Å². The van der Waals surface area contributed by atoms with Crippen molar-refractivity contribution in [3.8, 4) is 11.8 Å². The van der Waals surface area contributed by atoms with E-state index in [1.54, 1.807) is 12.3 Å². The van der Waals surface area contributed by atoms with Gasteiger partial charge in [0, 0.05) is 30.9 Å². The van der Waals surface area contributed by atoms with Gasteiger partial charge in [0.05, 0.1) is 43.0 Å². The molecule has 0 unspecified atom stereocenters. The second-order valence-electron chi connectivity index (χ2n) is 8.50. The van der Waals surface area contributed by atoms with Crippen LogP contribution in [0.3, 0.4) is 0 Å². The number of fused-ring (bicyclic) bond motifs is 1. The minimum absolute atomic E-state index is 0.0630. The van der Waals surface area contributed by atoms with Gasteiger partial charge in [0.15, 0.2) is 0 Å². The molecule has 0 bridgehead atoms. The van der Waals surface area contributed by atoms with Crippen molar-refractivity contribution in [1.82, 2.24) is 25.2 Å². The Labute approximate surface area is 196 Å². The zero-order chi connectivity index (χ0) is 23.3. The quantitative estimate of drug-likeness (QED) is 0.495. The molecule has 2 aromatic heterocycles. The van der Waals surface area contributed by atoms with Crippen LogP contribution >= 0.6 is 0 Å². The topological polar surface area (TPSA) is 112 Å². The average molecular weight is 459 g/mol. The van der Waals surface area contributed by atoms with Gasteiger partial charge in [-0.2, -0.15) is 0 Å². The highest BCUT2D eigenvalue weighted by atomic mass is 16.5. The Bertz CT molecular complexity index is 1300. The average Bonchev–Trinajstić information content (AvgIpc) is 2.82. The van der Waals surface area contributed by atoms with Crippen molar-refractivity contribution in [2.45, 2.75) is 24.9 Å². The molecular weight excluding hydrogens is 432 g/mol. The van der Waals surface area contributed by atoms with Gasteiger partial charge < -0.3 is 20.4 Å². The highest BCUT2D eigenvalue weighted by molar-refractivity contribution is 5.93. The van der Waals surface area contributed by atoms with Crippen LogP contribution in [0.1, 0.15) is 28.8 Å². The summed E-state index contributed by atoms with van der Waals surface area (Å²) >= 11 is 0. The van der Waals surface area contributed by atoms with Crippen LogP contribution in [-0.4, -0.2) is 70.7 Å². The van der Waals surface area contributed by atoms with E-state index in [4.69, 9.17) is 9.72 Å².